The Labute approximate surface area is 91.6 Å². The van der Waals surface area contributed by atoms with Crippen LogP contribution in [-0.4, -0.2) is 27.7 Å². The first-order chi connectivity index (χ1) is 7.88. The van der Waals surface area contributed by atoms with E-state index >= 15 is 0 Å². The molecule has 0 atom stereocenters. The summed E-state index contributed by atoms with van der Waals surface area (Å²) in [5, 5.41) is 20.7. The third-order valence-corrected chi connectivity index (χ3v) is 1.91. The second-order valence-corrected chi connectivity index (χ2v) is 2.96. The molecular weight excluding hydrogens is 208 g/mol. The summed E-state index contributed by atoms with van der Waals surface area (Å²) in [5.41, 5.74) is 1.04. The fraction of sp³-hybridized carbons (Fsp3) is 0.222. The highest BCUT2D eigenvalue weighted by Gasteiger charge is 1.94. The minimum absolute atomic E-state index is 0.230. The van der Waals surface area contributed by atoms with Gasteiger partial charge in [0.15, 0.2) is 0 Å². The maximum absolute atomic E-state index is 5.05. The van der Waals surface area contributed by atoms with Crippen molar-refractivity contribution in [2.24, 2.45) is 10.2 Å². The number of ether oxygens (including phenoxy) is 1. The second kappa shape index (κ2) is 4.96. The molecule has 2 rings (SSSR count). The van der Waals surface area contributed by atoms with Gasteiger partial charge in [-0.15, -0.1) is 10.2 Å². The van der Waals surface area contributed by atoms with E-state index in [2.05, 4.69) is 30.9 Å². The molecule has 82 valence electrons. The molecule has 7 nitrogen and oxygen atoms in total. The number of aromatic amines is 1. The molecule has 0 unspecified atom stereocenters. The van der Waals surface area contributed by atoms with Crippen LogP contribution < -0.4 is 4.74 Å². The van der Waals surface area contributed by atoms with Crippen LogP contribution in [0.1, 0.15) is 5.56 Å². The molecule has 1 N–H and O–H groups in total. The number of nitrogens with one attached hydrogen (secondary N) is 1. The summed E-state index contributed by atoms with van der Waals surface area (Å²) in [6.07, 6.45) is 0. The molecule has 16 heavy (non-hydrogen) atoms. The summed E-state index contributed by atoms with van der Waals surface area (Å²) in [6.45, 7) is 0.471. The van der Waals surface area contributed by atoms with E-state index in [1.54, 1.807) is 7.11 Å². The maximum Gasteiger partial charge on any atom is 0.307 e. The molecule has 0 saturated carbocycles. The van der Waals surface area contributed by atoms with E-state index in [9.17, 15) is 0 Å². The maximum atomic E-state index is 5.05. The topological polar surface area (TPSA) is 88.4 Å². The van der Waals surface area contributed by atoms with Gasteiger partial charge in [-0.2, -0.15) is 10.3 Å². The Balaban J connectivity index is 1.94. The van der Waals surface area contributed by atoms with E-state index in [4.69, 9.17) is 4.74 Å². The number of azo groups is 1. The summed E-state index contributed by atoms with van der Waals surface area (Å²) in [6, 6.07) is 7.60. The quantitative estimate of drug-likeness (QED) is 0.787. The Morgan fingerprint density at radius 3 is 2.75 bits per heavy atom. The van der Waals surface area contributed by atoms with E-state index in [0.29, 0.717) is 6.54 Å². The Morgan fingerprint density at radius 2 is 2.12 bits per heavy atom. The molecule has 0 amide bonds. The van der Waals surface area contributed by atoms with E-state index in [1.165, 1.54) is 0 Å². The number of tetrazole rings is 1. The lowest BCUT2D eigenvalue weighted by Crippen LogP contribution is -1.84. The van der Waals surface area contributed by atoms with Gasteiger partial charge in [-0.3, -0.25) is 0 Å². The molecule has 1 aromatic carbocycles. The molecule has 2 aromatic rings. The van der Waals surface area contributed by atoms with Crippen LogP contribution in [0.3, 0.4) is 0 Å². The summed E-state index contributed by atoms with van der Waals surface area (Å²) in [7, 11) is 1.63. The van der Waals surface area contributed by atoms with Gasteiger partial charge in [-0.1, -0.05) is 17.2 Å². The first-order valence-corrected chi connectivity index (χ1v) is 4.62. The van der Waals surface area contributed by atoms with Gasteiger partial charge in [0.05, 0.1) is 13.7 Å². The number of rotatable bonds is 4. The van der Waals surface area contributed by atoms with Crippen molar-refractivity contribution in [3.63, 3.8) is 0 Å². The SMILES string of the molecule is COc1ccc(CN=Nc2nn[nH]n2)cc1. The first-order valence-electron chi connectivity index (χ1n) is 4.62. The molecule has 1 aromatic heterocycles. The van der Waals surface area contributed by atoms with Crippen LogP contribution in [0.2, 0.25) is 0 Å². The molecule has 0 fully saturated rings. The van der Waals surface area contributed by atoms with Crippen LogP contribution in [0.15, 0.2) is 34.5 Å². The molecule has 0 aliphatic rings. The van der Waals surface area contributed by atoms with Crippen molar-refractivity contribution >= 4 is 5.95 Å². The van der Waals surface area contributed by atoms with Crippen molar-refractivity contribution in [1.82, 2.24) is 20.6 Å². The molecule has 0 spiro atoms. The molecule has 0 radical (unpaired) electrons. The van der Waals surface area contributed by atoms with Gasteiger partial charge in [0.2, 0.25) is 0 Å². The summed E-state index contributed by atoms with van der Waals surface area (Å²) < 4.78 is 5.05. The predicted octanol–water partition coefficient (Wildman–Crippen LogP) is 1.49. The van der Waals surface area contributed by atoms with Crippen molar-refractivity contribution in [3.8, 4) is 5.75 Å². The highest BCUT2D eigenvalue weighted by molar-refractivity contribution is 5.27. The van der Waals surface area contributed by atoms with Crippen molar-refractivity contribution < 1.29 is 4.74 Å². The van der Waals surface area contributed by atoms with Crippen LogP contribution in [0, 0.1) is 0 Å². The van der Waals surface area contributed by atoms with Gasteiger partial charge >= 0.3 is 5.95 Å². The fourth-order valence-corrected chi connectivity index (χ4v) is 1.11. The molecular formula is C9H10N6O. The van der Waals surface area contributed by atoms with E-state index in [-0.39, 0.29) is 5.95 Å². The number of hydrogen-bond donors (Lipinski definition) is 1. The van der Waals surface area contributed by atoms with Crippen molar-refractivity contribution in [3.05, 3.63) is 29.8 Å². The molecule has 7 heteroatoms. The van der Waals surface area contributed by atoms with Crippen LogP contribution >= 0.6 is 0 Å². The van der Waals surface area contributed by atoms with Gasteiger partial charge in [0.25, 0.3) is 0 Å². The normalized spacial score (nSPS) is 10.8. The summed E-state index contributed by atoms with van der Waals surface area (Å²) >= 11 is 0. The Morgan fingerprint density at radius 1 is 1.31 bits per heavy atom. The zero-order valence-corrected chi connectivity index (χ0v) is 8.66. The largest absolute Gasteiger partial charge is 0.497 e. The molecule has 0 aliphatic heterocycles. The number of benzene rings is 1. The zero-order chi connectivity index (χ0) is 11.2. The molecule has 1 heterocycles. The van der Waals surface area contributed by atoms with E-state index in [0.717, 1.165) is 11.3 Å². The van der Waals surface area contributed by atoms with Crippen LogP contribution in [-0.2, 0) is 6.54 Å². The first kappa shape index (κ1) is 10.2. The number of methoxy groups -OCH3 is 1. The number of aromatic nitrogens is 4. The number of nitrogens with zero attached hydrogens (tertiary/aromatic N) is 5. The minimum atomic E-state index is 0.230. The predicted molar refractivity (Wildman–Crippen MR) is 55.4 cm³/mol. The lowest BCUT2D eigenvalue weighted by atomic mass is 10.2. The fourth-order valence-electron chi connectivity index (χ4n) is 1.11. The smallest absolute Gasteiger partial charge is 0.307 e. The average Bonchev–Trinajstić information content (AvgIpc) is 2.83. The second-order valence-electron chi connectivity index (χ2n) is 2.96. The van der Waals surface area contributed by atoms with Gasteiger partial charge in [-0.25, -0.2) is 0 Å². The Kier molecular flexibility index (Phi) is 3.17. The van der Waals surface area contributed by atoms with Crippen LogP contribution in [0.5, 0.6) is 5.75 Å². The number of H-pyrrole nitrogens is 1. The van der Waals surface area contributed by atoms with Gasteiger partial charge < -0.3 is 4.74 Å². The Bertz CT molecular complexity index is 449. The highest BCUT2D eigenvalue weighted by atomic mass is 16.5. The minimum Gasteiger partial charge on any atom is -0.497 e. The monoisotopic (exact) mass is 218 g/mol. The van der Waals surface area contributed by atoms with Gasteiger partial charge in [0, 0.05) is 0 Å². The Hall–Kier alpha value is -2.31. The third kappa shape index (κ3) is 2.59. The van der Waals surface area contributed by atoms with E-state index in [1.807, 2.05) is 24.3 Å². The lowest BCUT2D eigenvalue weighted by Gasteiger charge is -1.99. The number of hydrogen-bond acceptors (Lipinski definition) is 6. The molecule has 0 bridgehead atoms. The van der Waals surface area contributed by atoms with Gasteiger partial charge in [0.1, 0.15) is 5.75 Å². The molecule has 0 aliphatic carbocycles. The highest BCUT2D eigenvalue weighted by Crippen LogP contribution is 2.12. The van der Waals surface area contributed by atoms with Gasteiger partial charge in [-0.05, 0) is 22.9 Å². The van der Waals surface area contributed by atoms with Crippen molar-refractivity contribution in [1.29, 1.82) is 0 Å². The summed E-state index contributed by atoms with van der Waals surface area (Å²) in [4.78, 5) is 0. The third-order valence-electron chi connectivity index (χ3n) is 1.91. The lowest BCUT2D eigenvalue weighted by molar-refractivity contribution is 0.414. The van der Waals surface area contributed by atoms with Crippen molar-refractivity contribution in [2.45, 2.75) is 6.54 Å². The molecule has 0 saturated heterocycles. The van der Waals surface area contributed by atoms with Crippen LogP contribution in [0.4, 0.5) is 5.95 Å². The van der Waals surface area contributed by atoms with Crippen molar-refractivity contribution in [2.75, 3.05) is 7.11 Å². The summed E-state index contributed by atoms with van der Waals surface area (Å²) in [5.74, 6) is 1.05. The van der Waals surface area contributed by atoms with E-state index < -0.39 is 0 Å². The average molecular weight is 218 g/mol. The zero-order valence-electron chi connectivity index (χ0n) is 8.66. The standard InChI is InChI=1S/C9H10N6O/c1-16-8-4-2-7(3-5-8)6-10-11-9-12-14-15-13-9/h2-5H,6H2,1H3,(H,12,13,14,15). The van der Waals surface area contributed by atoms with Crippen LogP contribution in [0.25, 0.3) is 0 Å².